The Morgan fingerprint density at radius 3 is 2.50 bits per heavy atom. The Kier molecular flexibility index (Phi) is 2.97. The van der Waals surface area contributed by atoms with Gasteiger partial charge in [0.25, 0.3) is 0 Å². The first kappa shape index (κ1) is 11.1. The van der Waals surface area contributed by atoms with Crippen molar-refractivity contribution in [2.24, 2.45) is 5.92 Å². The first-order chi connectivity index (χ1) is 7.71. The molecule has 1 aromatic carbocycles. The van der Waals surface area contributed by atoms with Gasteiger partial charge in [-0.1, -0.05) is 37.3 Å². The maximum atomic E-state index is 11.6. The lowest BCUT2D eigenvalue weighted by atomic mass is 9.85. The summed E-state index contributed by atoms with van der Waals surface area (Å²) in [6, 6.07) is 9.50. The number of hydrogen-bond acceptors (Lipinski definition) is 2. The summed E-state index contributed by atoms with van der Waals surface area (Å²) in [6.45, 7) is 2.61. The van der Waals surface area contributed by atoms with Gasteiger partial charge < -0.3 is 5.11 Å². The summed E-state index contributed by atoms with van der Waals surface area (Å²) in [4.78, 5) is 11.6. The molecule has 1 atom stereocenters. The molecule has 86 valence electrons. The van der Waals surface area contributed by atoms with Gasteiger partial charge in [-0.2, -0.15) is 0 Å². The normalized spacial score (nSPS) is 19.1. The van der Waals surface area contributed by atoms with Crippen LogP contribution in [0.2, 0.25) is 0 Å². The third-order valence-corrected chi connectivity index (χ3v) is 3.21. The number of carbonyl (C=O) groups is 1. The lowest BCUT2D eigenvalue weighted by Gasteiger charge is -2.31. The summed E-state index contributed by atoms with van der Waals surface area (Å²) in [5.41, 5.74) is -0.0115. The van der Waals surface area contributed by atoms with Crippen LogP contribution < -0.4 is 5.32 Å². The van der Waals surface area contributed by atoms with E-state index in [-0.39, 0.29) is 5.92 Å². The molecule has 1 fully saturated rings. The molecule has 0 aliphatic heterocycles. The zero-order chi connectivity index (χ0) is 11.6. The highest BCUT2D eigenvalue weighted by Crippen LogP contribution is 2.45. The molecule has 1 saturated carbocycles. The molecule has 2 rings (SSSR count). The van der Waals surface area contributed by atoms with Crippen molar-refractivity contribution < 1.29 is 9.90 Å². The van der Waals surface area contributed by atoms with Crippen LogP contribution in [0.15, 0.2) is 30.3 Å². The van der Waals surface area contributed by atoms with Crippen molar-refractivity contribution in [1.29, 1.82) is 0 Å². The van der Waals surface area contributed by atoms with Gasteiger partial charge in [0, 0.05) is 0 Å². The fourth-order valence-electron chi connectivity index (χ4n) is 2.35. The molecule has 1 aliphatic rings. The average molecular weight is 219 g/mol. The van der Waals surface area contributed by atoms with Crippen molar-refractivity contribution in [3.05, 3.63) is 35.9 Å². The van der Waals surface area contributed by atoms with E-state index >= 15 is 0 Å². The lowest BCUT2D eigenvalue weighted by molar-refractivity contribution is -0.146. The fourth-order valence-corrected chi connectivity index (χ4v) is 2.35. The Morgan fingerprint density at radius 1 is 1.44 bits per heavy atom. The zero-order valence-electron chi connectivity index (χ0n) is 9.44. The number of aliphatic carboxylic acids is 1. The summed E-state index contributed by atoms with van der Waals surface area (Å²) in [5, 5.41) is 12.7. The Labute approximate surface area is 95.5 Å². The minimum Gasteiger partial charge on any atom is -0.480 e. The SMILES string of the molecule is CCNC(C(=O)O)(c1ccccc1)C1CC1. The van der Waals surface area contributed by atoms with Crippen molar-refractivity contribution >= 4 is 5.97 Å². The van der Waals surface area contributed by atoms with Gasteiger partial charge >= 0.3 is 5.97 Å². The summed E-state index contributed by atoms with van der Waals surface area (Å²) < 4.78 is 0. The molecule has 1 unspecified atom stereocenters. The maximum absolute atomic E-state index is 11.6. The number of carboxylic acids is 1. The van der Waals surface area contributed by atoms with Crippen LogP contribution in [0, 0.1) is 5.92 Å². The number of likely N-dealkylation sites (N-methyl/N-ethyl adjacent to an activating group) is 1. The van der Waals surface area contributed by atoms with Gasteiger partial charge in [-0.15, -0.1) is 0 Å². The van der Waals surface area contributed by atoms with Crippen molar-refractivity contribution in [3.63, 3.8) is 0 Å². The number of rotatable bonds is 5. The van der Waals surface area contributed by atoms with Gasteiger partial charge in [0.15, 0.2) is 0 Å². The van der Waals surface area contributed by atoms with E-state index in [1.165, 1.54) is 0 Å². The highest BCUT2D eigenvalue weighted by Gasteiger charge is 2.51. The van der Waals surface area contributed by atoms with Crippen LogP contribution in [0.3, 0.4) is 0 Å². The topological polar surface area (TPSA) is 49.3 Å². The van der Waals surface area contributed by atoms with Gasteiger partial charge in [-0.05, 0) is 30.9 Å². The van der Waals surface area contributed by atoms with Crippen molar-refractivity contribution in [3.8, 4) is 0 Å². The second-order valence-electron chi connectivity index (χ2n) is 4.28. The van der Waals surface area contributed by atoms with E-state index in [2.05, 4.69) is 5.32 Å². The monoisotopic (exact) mass is 219 g/mol. The quantitative estimate of drug-likeness (QED) is 0.796. The number of carboxylic acid groups (broad SMARTS) is 1. The Bertz CT molecular complexity index is 373. The van der Waals surface area contributed by atoms with Crippen molar-refractivity contribution in [1.82, 2.24) is 5.32 Å². The number of benzene rings is 1. The van der Waals surface area contributed by atoms with E-state index in [9.17, 15) is 9.90 Å². The molecular weight excluding hydrogens is 202 g/mol. The van der Waals surface area contributed by atoms with E-state index in [0.29, 0.717) is 6.54 Å². The fraction of sp³-hybridized carbons (Fsp3) is 0.462. The van der Waals surface area contributed by atoms with Crippen molar-refractivity contribution in [2.45, 2.75) is 25.3 Å². The minimum absolute atomic E-state index is 0.229. The van der Waals surface area contributed by atoms with Gasteiger partial charge in [-0.3, -0.25) is 5.32 Å². The zero-order valence-corrected chi connectivity index (χ0v) is 9.44. The van der Waals surface area contributed by atoms with Gasteiger partial charge in [-0.25, -0.2) is 4.79 Å². The van der Waals surface area contributed by atoms with E-state index in [0.717, 1.165) is 18.4 Å². The summed E-state index contributed by atoms with van der Waals surface area (Å²) in [5.74, 6) is -0.532. The highest BCUT2D eigenvalue weighted by atomic mass is 16.4. The maximum Gasteiger partial charge on any atom is 0.328 e. The third kappa shape index (κ3) is 1.71. The van der Waals surface area contributed by atoms with E-state index in [4.69, 9.17) is 0 Å². The smallest absolute Gasteiger partial charge is 0.328 e. The summed E-state index contributed by atoms with van der Waals surface area (Å²) >= 11 is 0. The molecule has 0 aromatic heterocycles. The standard InChI is InChI=1S/C13H17NO2/c1-2-14-13(12(15)16,11-8-9-11)10-6-4-3-5-7-10/h3-7,11,14H,2,8-9H2,1H3,(H,15,16). The molecule has 0 bridgehead atoms. The first-order valence-corrected chi connectivity index (χ1v) is 5.75. The molecule has 16 heavy (non-hydrogen) atoms. The largest absolute Gasteiger partial charge is 0.480 e. The molecule has 1 aromatic rings. The van der Waals surface area contributed by atoms with E-state index in [1.807, 2.05) is 37.3 Å². The molecule has 1 aliphatic carbocycles. The molecule has 0 spiro atoms. The highest BCUT2D eigenvalue weighted by molar-refractivity contribution is 5.81. The second-order valence-corrected chi connectivity index (χ2v) is 4.28. The number of hydrogen-bond donors (Lipinski definition) is 2. The second kappa shape index (κ2) is 4.26. The first-order valence-electron chi connectivity index (χ1n) is 5.75. The van der Waals surface area contributed by atoms with E-state index < -0.39 is 11.5 Å². The van der Waals surface area contributed by atoms with Gasteiger partial charge in [0.2, 0.25) is 0 Å². The van der Waals surface area contributed by atoms with Crippen LogP contribution in [-0.4, -0.2) is 17.6 Å². The Hall–Kier alpha value is -1.35. The molecule has 0 radical (unpaired) electrons. The van der Waals surface area contributed by atoms with Crippen LogP contribution in [0.1, 0.15) is 25.3 Å². The lowest BCUT2D eigenvalue weighted by Crippen LogP contribution is -2.51. The molecular formula is C13H17NO2. The summed E-state index contributed by atoms with van der Waals surface area (Å²) in [7, 11) is 0. The predicted octanol–water partition coefficient (Wildman–Crippen LogP) is 1.99. The molecule has 0 saturated heterocycles. The van der Waals surface area contributed by atoms with Crippen LogP contribution in [0.25, 0.3) is 0 Å². The van der Waals surface area contributed by atoms with Crippen LogP contribution in [-0.2, 0) is 10.3 Å². The number of nitrogens with one attached hydrogen (secondary N) is 1. The molecule has 2 N–H and O–H groups in total. The molecule has 0 heterocycles. The molecule has 3 heteroatoms. The van der Waals surface area contributed by atoms with Gasteiger partial charge in [0.05, 0.1) is 0 Å². The Morgan fingerprint density at radius 2 is 2.06 bits per heavy atom. The molecule has 0 amide bonds. The molecule has 3 nitrogen and oxygen atoms in total. The third-order valence-electron chi connectivity index (χ3n) is 3.21. The Balaban J connectivity index is 2.43. The minimum atomic E-state index is -0.879. The van der Waals surface area contributed by atoms with Gasteiger partial charge in [0.1, 0.15) is 5.54 Å². The van der Waals surface area contributed by atoms with E-state index in [1.54, 1.807) is 0 Å². The van der Waals surface area contributed by atoms with Crippen LogP contribution in [0.4, 0.5) is 0 Å². The van der Waals surface area contributed by atoms with Crippen molar-refractivity contribution in [2.75, 3.05) is 6.54 Å². The average Bonchev–Trinajstić information content (AvgIpc) is 3.11. The summed E-state index contributed by atoms with van der Waals surface area (Å²) in [6.07, 6.45) is 1.99. The van der Waals surface area contributed by atoms with Crippen LogP contribution >= 0.6 is 0 Å². The predicted molar refractivity (Wildman–Crippen MR) is 62.2 cm³/mol. The van der Waals surface area contributed by atoms with Crippen LogP contribution in [0.5, 0.6) is 0 Å².